The minimum absolute atomic E-state index is 0.219. The molecule has 6 heteroatoms. The Bertz CT molecular complexity index is 528. The first-order chi connectivity index (χ1) is 10.8. The molecule has 1 fully saturated rings. The van der Waals surface area contributed by atoms with Crippen molar-refractivity contribution < 1.29 is 18.0 Å². The average Bonchev–Trinajstić information content (AvgIpc) is 2.51. The van der Waals surface area contributed by atoms with E-state index in [4.69, 9.17) is 0 Å². The lowest BCUT2D eigenvalue weighted by molar-refractivity contribution is -0.137. The van der Waals surface area contributed by atoms with Crippen molar-refractivity contribution in [1.82, 2.24) is 10.2 Å². The van der Waals surface area contributed by atoms with Crippen molar-refractivity contribution in [2.45, 2.75) is 38.9 Å². The van der Waals surface area contributed by atoms with Crippen molar-refractivity contribution in [3.05, 3.63) is 35.4 Å². The molecule has 0 radical (unpaired) electrons. The topological polar surface area (TPSA) is 32.3 Å². The summed E-state index contributed by atoms with van der Waals surface area (Å²) in [6.07, 6.45) is -1.98. The van der Waals surface area contributed by atoms with Crippen molar-refractivity contribution >= 4 is 5.91 Å². The zero-order chi connectivity index (χ0) is 17.0. The van der Waals surface area contributed by atoms with E-state index in [2.05, 4.69) is 24.1 Å². The standard InChI is InChI=1S/C17H23F3N2O/c1-12-4-3-9-22(11-12)13(2)10-21-16(23)14-5-7-15(8-6-14)17(18,19)20/h5-8,12-13H,3-4,9-11H2,1-2H3,(H,21,23)/t12-,13+/m0/s1. The summed E-state index contributed by atoms with van der Waals surface area (Å²) in [4.78, 5) is 14.4. The minimum Gasteiger partial charge on any atom is -0.350 e. The molecule has 1 amide bonds. The van der Waals surface area contributed by atoms with Gasteiger partial charge in [-0.05, 0) is 56.5 Å². The number of carbonyl (C=O) groups excluding carboxylic acids is 1. The van der Waals surface area contributed by atoms with Crippen LogP contribution in [-0.4, -0.2) is 36.5 Å². The number of halogens is 3. The van der Waals surface area contributed by atoms with E-state index in [0.29, 0.717) is 12.5 Å². The maximum absolute atomic E-state index is 12.5. The summed E-state index contributed by atoms with van der Waals surface area (Å²) in [5.74, 6) is 0.326. The minimum atomic E-state index is -4.38. The zero-order valence-corrected chi connectivity index (χ0v) is 13.5. The second-order valence-corrected chi connectivity index (χ2v) is 6.38. The van der Waals surface area contributed by atoms with Crippen LogP contribution in [0.1, 0.15) is 42.6 Å². The molecule has 0 aliphatic carbocycles. The summed E-state index contributed by atoms with van der Waals surface area (Å²) in [6, 6.07) is 4.52. The normalized spacial score (nSPS) is 21.0. The first kappa shape index (κ1) is 17.8. The second-order valence-electron chi connectivity index (χ2n) is 6.38. The number of alkyl halides is 3. The van der Waals surface area contributed by atoms with E-state index in [1.54, 1.807) is 0 Å². The first-order valence-electron chi connectivity index (χ1n) is 7.97. The third kappa shape index (κ3) is 4.96. The van der Waals surface area contributed by atoms with Crippen LogP contribution in [0, 0.1) is 5.92 Å². The van der Waals surface area contributed by atoms with Crippen molar-refractivity contribution in [3.8, 4) is 0 Å². The maximum atomic E-state index is 12.5. The molecule has 1 aliphatic rings. The Labute approximate surface area is 134 Å². The molecular formula is C17H23F3N2O. The molecule has 1 aliphatic heterocycles. The van der Waals surface area contributed by atoms with Crippen LogP contribution in [0.25, 0.3) is 0 Å². The molecule has 128 valence electrons. The van der Waals surface area contributed by atoms with E-state index in [1.807, 2.05) is 0 Å². The van der Waals surface area contributed by atoms with Crippen molar-refractivity contribution in [3.63, 3.8) is 0 Å². The first-order valence-corrected chi connectivity index (χ1v) is 7.97. The van der Waals surface area contributed by atoms with Gasteiger partial charge in [0.05, 0.1) is 5.56 Å². The fourth-order valence-corrected chi connectivity index (χ4v) is 2.91. The van der Waals surface area contributed by atoms with Gasteiger partial charge in [-0.1, -0.05) is 6.92 Å². The molecule has 2 rings (SSSR count). The Kier molecular flexibility index (Phi) is 5.68. The molecule has 0 unspecified atom stereocenters. The van der Waals surface area contributed by atoms with Gasteiger partial charge in [0.15, 0.2) is 0 Å². The predicted octanol–water partition coefficient (Wildman–Crippen LogP) is 3.56. The summed E-state index contributed by atoms with van der Waals surface area (Å²) in [7, 11) is 0. The van der Waals surface area contributed by atoms with E-state index < -0.39 is 11.7 Å². The number of carbonyl (C=O) groups is 1. The lowest BCUT2D eigenvalue weighted by Crippen LogP contribution is -2.46. The summed E-state index contributed by atoms with van der Waals surface area (Å²) < 4.78 is 37.5. The monoisotopic (exact) mass is 328 g/mol. The van der Waals surface area contributed by atoms with Gasteiger partial charge in [0.1, 0.15) is 0 Å². The fourth-order valence-electron chi connectivity index (χ4n) is 2.91. The van der Waals surface area contributed by atoms with Crippen molar-refractivity contribution in [1.29, 1.82) is 0 Å². The van der Waals surface area contributed by atoms with Gasteiger partial charge in [0, 0.05) is 24.7 Å². The molecule has 1 heterocycles. The number of piperidine rings is 1. The van der Waals surface area contributed by atoms with Crippen LogP contribution < -0.4 is 5.32 Å². The summed E-state index contributed by atoms with van der Waals surface area (Å²) in [5.41, 5.74) is -0.498. The van der Waals surface area contributed by atoms with Gasteiger partial charge in [-0.2, -0.15) is 13.2 Å². The molecule has 2 atom stereocenters. The van der Waals surface area contributed by atoms with Crippen LogP contribution >= 0.6 is 0 Å². The highest BCUT2D eigenvalue weighted by atomic mass is 19.4. The highest BCUT2D eigenvalue weighted by molar-refractivity contribution is 5.94. The molecule has 0 saturated carbocycles. The van der Waals surface area contributed by atoms with E-state index in [1.165, 1.54) is 25.0 Å². The van der Waals surface area contributed by atoms with E-state index in [9.17, 15) is 18.0 Å². The smallest absolute Gasteiger partial charge is 0.350 e. The number of nitrogens with zero attached hydrogens (tertiary/aromatic N) is 1. The second kappa shape index (κ2) is 7.34. The Balaban J connectivity index is 1.87. The van der Waals surface area contributed by atoms with Crippen LogP contribution in [0.5, 0.6) is 0 Å². The van der Waals surface area contributed by atoms with Gasteiger partial charge in [0.25, 0.3) is 5.91 Å². The Hall–Kier alpha value is -1.56. The van der Waals surface area contributed by atoms with Gasteiger partial charge < -0.3 is 5.32 Å². The Morgan fingerprint density at radius 3 is 2.57 bits per heavy atom. The Morgan fingerprint density at radius 2 is 2.00 bits per heavy atom. The summed E-state index contributed by atoms with van der Waals surface area (Å²) in [5, 5.41) is 2.81. The molecule has 1 N–H and O–H groups in total. The molecule has 1 aromatic rings. The molecule has 3 nitrogen and oxygen atoms in total. The van der Waals surface area contributed by atoms with E-state index >= 15 is 0 Å². The molecule has 23 heavy (non-hydrogen) atoms. The molecule has 1 saturated heterocycles. The third-order valence-corrected chi connectivity index (χ3v) is 4.34. The highest BCUT2D eigenvalue weighted by Gasteiger charge is 2.30. The molecule has 0 bridgehead atoms. The number of rotatable bonds is 4. The number of hydrogen-bond acceptors (Lipinski definition) is 2. The molecular weight excluding hydrogens is 305 g/mol. The Morgan fingerprint density at radius 1 is 1.35 bits per heavy atom. The summed E-state index contributed by atoms with van der Waals surface area (Å²) in [6.45, 7) is 6.83. The average molecular weight is 328 g/mol. The predicted molar refractivity (Wildman–Crippen MR) is 83.2 cm³/mol. The fraction of sp³-hybridized carbons (Fsp3) is 0.588. The van der Waals surface area contributed by atoms with E-state index in [-0.39, 0.29) is 17.5 Å². The molecule has 0 spiro atoms. The van der Waals surface area contributed by atoms with Crippen LogP contribution in [0.3, 0.4) is 0 Å². The van der Waals surface area contributed by atoms with Gasteiger partial charge in [-0.25, -0.2) is 0 Å². The van der Waals surface area contributed by atoms with Gasteiger partial charge in [0.2, 0.25) is 0 Å². The number of likely N-dealkylation sites (tertiary alicyclic amines) is 1. The largest absolute Gasteiger partial charge is 0.416 e. The van der Waals surface area contributed by atoms with Crippen molar-refractivity contribution in [2.75, 3.05) is 19.6 Å². The molecule has 1 aromatic carbocycles. The maximum Gasteiger partial charge on any atom is 0.416 e. The quantitative estimate of drug-likeness (QED) is 0.917. The number of amides is 1. The van der Waals surface area contributed by atoms with Crippen molar-refractivity contribution in [2.24, 2.45) is 5.92 Å². The highest BCUT2D eigenvalue weighted by Crippen LogP contribution is 2.29. The number of hydrogen-bond donors (Lipinski definition) is 1. The van der Waals surface area contributed by atoms with Crippen LogP contribution in [0.4, 0.5) is 13.2 Å². The van der Waals surface area contributed by atoms with Crippen LogP contribution in [-0.2, 0) is 6.18 Å². The zero-order valence-electron chi connectivity index (χ0n) is 13.5. The number of nitrogens with one attached hydrogen (secondary N) is 1. The SMILES string of the molecule is C[C@H]1CCCN([C@H](C)CNC(=O)c2ccc(C(F)(F)F)cc2)C1. The van der Waals surface area contributed by atoms with Crippen LogP contribution in [0.15, 0.2) is 24.3 Å². The van der Waals surface area contributed by atoms with Gasteiger partial charge in [-0.3, -0.25) is 9.69 Å². The lowest BCUT2D eigenvalue weighted by Gasteiger charge is -2.35. The third-order valence-electron chi connectivity index (χ3n) is 4.34. The van der Waals surface area contributed by atoms with Crippen LogP contribution in [0.2, 0.25) is 0 Å². The van der Waals surface area contributed by atoms with E-state index in [0.717, 1.165) is 25.2 Å². The summed E-state index contributed by atoms with van der Waals surface area (Å²) >= 11 is 0. The lowest BCUT2D eigenvalue weighted by atomic mass is 9.99. The number of benzene rings is 1. The van der Waals surface area contributed by atoms with Gasteiger partial charge in [-0.15, -0.1) is 0 Å². The molecule has 0 aromatic heterocycles. The van der Waals surface area contributed by atoms with Gasteiger partial charge >= 0.3 is 6.18 Å².